The van der Waals surface area contributed by atoms with Gasteiger partial charge in [-0.2, -0.15) is 5.26 Å². The molecule has 0 aromatic heterocycles. The van der Waals surface area contributed by atoms with Crippen LogP contribution in [0.2, 0.25) is 0 Å². The van der Waals surface area contributed by atoms with E-state index in [-0.39, 0.29) is 11.3 Å². The fraction of sp³-hybridized carbons (Fsp3) is 0. The van der Waals surface area contributed by atoms with Crippen molar-refractivity contribution in [3.63, 3.8) is 0 Å². The molecule has 0 N–H and O–H groups in total. The molecule has 2 rings (SSSR count). The van der Waals surface area contributed by atoms with E-state index in [4.69, 9.17) is 5.26 Å². The Labute approximate surface area is 117 Å². The summed E-state index contributed by atoms with van der Waals surface area (Å²) in [6, 6.07) is 12.5. The fourth-order valence-corrected chi connectivity index (χ4v) is 2.01. The Morgan fingerprint density at radius 1 is 1.17 bits per heavy atom. The van der Waals surface area contributed by atoms with Crippen LogP contribution >= 0.6 is 22.6 Å². The molecule has 2 aromatic carbocycles. The first-order valence-electron chi connectivity index (χ1n) is 5.12. The number of halogens is 2. The number of benzene rings is 2. The minimum absolute atomic E-state index is 0.0478. The summed E-state index contributed by atoms with van der Waals surface area (Å²) < 4.78 is 14.4. The maximum Gasteiger partial charge on any atom is 0.196 e. The third-order valence-electron chi connectivity index (χ3n) is 2.45. The van der Waals surface area contributed by atoms with Gasteiger partial charge in [0.1, 0.15) is 5.82 Å². The number of carbonyl (C=O) groups excluding carboxylic acids is 1. The van der Waals surface area contributed by atoms with Crippen LogP contribution in [0.4, 0.5) is 4.39 Å². The molecule has 0 saturated heterocycles. The van der Waals surface area contributed by atoms with Gasteiger partial charge in [-0.1, -0.05) is 0 Å². The molecule has 2 aromatic rings. The first kappa shape index (κ1) is 12.7. The second-order valence-electron chi connectivity index (χ2n) is 3.64. The van der Waals surface area contributed by atoms with Crippen LogP contribution in [0, 0.1) is 20.7 Å². The highest BCUT2D eigenvalue weighted by Crippen LogP contribution is 2.17. The van der Waals surface area contributed by atoms with E-state index in [0.717, 1.165) is 3.57 Å². The Morgan fingerprint density at radius 2 is 1.83 bits per heavy atom. The van der Waals surface area contributed by atoms with Crippen molar-refractivity contribution >= 4 is 28.4 Å². The Balaban J connectivity index is 2.41. The van der Waals surface area contributed by atoms with Gasteiger partial charge in [-0.25, -0.2) is 4.39 Å². The van der Waals surface area contributed by atoms with Crippen molar-refractivity contribution in [2.75, 3.05) is 0 Å². The highest BCUT2D eigenvalue weighted by molar-refractivity contribution is 14.1. The van der Waals surface area contributed by atoms with Gasteiger partial charge in [-0.05, 0) is 65.1 Å². The van der Waals surface area contributed by atoms with Gasteiger partial charge in [0.25, 0.3) is 0 Å². The molecule has 0 atom stereocenters. The molecule has 0 spiro atoms. The molecule has 18 heavy (non-hydrogen) atoms. The summed E-state index contributed by atoms with van der Waals surface area (Å²) in [6.07, 6.45) is 0. The molecule has 0 heterocycles. The zero-order valence-electron chi connectivity index (χ0n) is 9.15. The molecule has 0 aliphatic carbocycles. The number of hydrogen-bond acceptors (Lipinski definition) is 2. The molecule has 0 radical (unpaired) electrons. The van der Waals surface area contributed by atoms with Crippen LogP contribution in [-0.4, -0.2) is 5.78 Å². The lowest BCUT2D eigenvalue weighted by atomic mass is 10.0. The van der Waals surface area contributed by atoms with E-state index >= 15 is 0 Å². The van der Waals surface area contributed by atoms with E-state index in [0.29, 0.717) is 11.1 Å². The Bertz CT molecular complexity index is 644. The normalized spacial score (nSPS) is 9.83. The van der Waals surface area contributed by atoms with Gasteiger partial charge in [0.2, 0.25) is 0 Å². The van der Waals surface area contributed by atoms with Gasteiger partial charge < -0.3 is 0 Å². The van der Waals surface area contributed by atoms with E-state index in [1.807, 2.05) is 28.7 Å². The molecule has 0 unspecified atom stereocenters. The van der Waals surface area contributed by atoms with E-state index in [9.17, 15) is 9.18 Å². The fourth-order valence-electron chi connectivity index (χ4n) is 1.52. The molecule has 2 nitrogen and oxygen atoms in total. The number of hydrogen-bond donors (Lipinski definition) is 0. The smallest absolute Gasteiger partial charge is 0.196 e. The van der Waals surface area contributed by atoms with Crippen LogP contribution < -0.4 is 0 Å². The molecule has 0 aliphatic heterocycles. The Morgan fingerprint density at radius 3 is 2.44 bits per heavy atom. The van der Waals surface area contributed by atoms with Crippen LogP contribution in [-0.2, 0) is 0 Å². The quantitative estimate of drug-likeness (QED) is 0.614. The van der Waals surface area contributed by atoms with Crippen LogP contribution in [0.3, 0.4) is 0 Å². The van der Waals surface area contributed by atoms with E-state index in [1.165, 1.54) is 24.3 Å². The van der Waals surface area contributed by atoms with Gasteiger partial charge in [0.15, 0.2) is 5.78 Å². The summed E-state index contributed by atoms with van der Waals surface area (Å²) in [5, 5.41) is 8.67. The van der Waals surface area contributed by atoms with Crippen LogP contribution in [0.1, 0.15) is 21.5 Å². The molecule has 4 heteroatoms. The maximum absolute atomic E-state index is 13.6. The molecular weight excluding hydrogens is 344 g/mol. The number of ketones is 1. The number of nitrogens with zero attached hydrogens (tertiary/aromatic N) is 1. The number of rotatable bonds is 2. The van der Waals surface area contributed by atoms with E-state index in [2.05, 4.69) is 0 Å². The van der Waals surface area contributed by atoms with E-state index in [1.54, 1.807) is 18.2 Å². The SMILES string of the molecule is N#Cc1ccc(C(=O)c2cc(I)ccc2F)cc1. The summed E-state index contributed by atoms with van der Waals surface area (Å²) in [4.78, 5) is 12.1. The monoisotopic (exact) mass is 351 g/mol. The van der Waals surface area contributed by atoms with Crippen molar-refractivity contribution in [2.45, 2.75) is 0 Å². The minimum Gasteiger partial charge on any atom is -0.288 e. The Kier molecular flexibility index (Phi) is 3.72. The molecule has 0 fully saturated rings. The first-order chi connectivity index (χ1) is 8.61. The predicted molar refractivity (Wildman–Crippen MR) is 73.7 cm³/mol. The molecule has 0 aliphatic rings. The zero-order chi connectivity index (χ0) is 13.1. The highest BCUT2D eigenvalue weighted by Gasteiger charge is 2.14. The van der Waals surface area contributed by atoms with Crippen molar-refractivity contribution in [3.8, 4) is 6.07 Å². The van der Waals surface area contributed by atoms with Crippen molar-refractivity contribution < 1.29 is 9.18 Å². The van der Waals surface area contributed by atoms with Crippen LogP contribution in [0.5, 0.6) is 0 Å². The predicted octanol–water partition coefficient (Wildman–Crippen LogP) is 3.53. The third-order valence-corrected chi connectivity index (χ3v) is 3.12. The van der Waals surface area contributed by atoms with E-state index < -0.39 is 5.82 Å². The van der Waals surface area contributed by atoms with Crippen molar-refractivity contribution in [3.05, 3.63) is 68.5 Å². The average Bonchev–Trinajstić information content (AvgIpc) is 2.41. The average molecular weight is 351 g/mol. The molecule has 88 valence electrons. The summed E-state index contributed by atoms with van der Waals surface area (Å²) in [6.45, 7) is 0. The molecule has 0 amide bonds. The van der Waals surface area contributed by atoms with Gasteiger partial charge in [-0.3, -0.25) is 4.79 Å². The highest BCUT2D eigenvalue weighted by atomic mass is 127. The van der Waals surface area contributed by atoms with Gasteiger partial charge in [-0.15, -0.1) is 0 Å². The van der Waals surface area contributed by atoms with Crippen molar-refractivity contribution in [1.82, 2.24) is 0 Å². The zero-order valence-corrected chi connectivity index (χ0v) is 11.3. The van der Waals surface area contributed by atoms with Crippen molar-refractivity contribution in [2.24, 2.45) is 0 Å². The molecule has 0 bridgehead atoms. The largest absolute Gasteiger partial charge is 0.288 e. The van der Waals surface area contributed by atoms with Crippen LogP contribution in [0.15, 0.2) is 42.5 Å². The number of nitriles is 1. The number of carbonyl (C=O) groups is 1. The molecule has 0 saturated carbocycles. The Hall–Kier alpha value is -1.74. The standard InChI is InChI=1S/C14H7FINO/c15-13-6-5-11(16)7-12(13)14(18)10-3-1-9(8-17)2-4-10/h1-7H. The van der Waals surface area contributed by atoms with Gasteiger partial charge in [0, 0.05) is 9.13 Å². The lowest BCUT2D eigenvalue weighted by Crippen LogP contribution is -2.04. The summed E-state index contributed by atoms with van der Waals surface area (Å²) in [5.41, 5.74) is 0.885. The summed E-state index contributed by atoms with van der Waals surface area (Å²) in [7, 11) is 0. The molecular formula is C14H7FINO. The van der Waals surface area contributed by atoms with Crippen LogP contribution in [0.25, 0.3) is 0 Å². The lowest BCUT2D eigenvalue weighted by molar-refractivity contribution is 0.103. The second-order valence-corrected chi connectivity index (χ2v) is 4.89. The lowest BCUT2D eigenvalue weighted by Gasteiger charge is -2.03. The first-order valence-corrected chi connectivity index (χ1v) is 6.19. The topological polar surface area (TPSA) is 40.9 Å². The second kappa shape index (κ2) is 5.27. The minimum atomic E-state index is -0.537. The maximum atomic E-state index is 13.6. The third kappa shape index (κ3) is 2.57. The summed E-state index contributed by atoms with van der Waals surface area (Å²) in [5.74, 6) is -0.916. The van der Waals surface area contributed by atoms with Crippen molar-refractivity contribution in [1.29, 1.82) is 5.26 Å². The van der Waals surface area contributed by atoms with Gasteiger partial charge >= 0.3 is 0 Å². The van der Waals surface area contributed by atoms with Gasteiger partial charge in [0.05, 0.1) is 17.2 Å². The summed E-state index contributed by atoms with van der Waals surface area (Å²) >= 11 is 2.02.